The van der Waals surface area contributed by atoms with Crippen LogP contribution in [0.25, 0.3) is 5.69 Å². The van der Waals surface area contributed by atoms with Gasteiger partial charge in [-0.05, 0) is 62.4 Å². The highest BCUT2D eigenvalue weighted by Crippen LogP contribution is 2.34. The van der Waals surface area contributed by atoms with E-state index in [1.165, 1.54) is 0 Å². The number of aliphatic hydroxyl groups is 1. The molecule has 128 valence electrons. The van der Waals surface area contributed by atoms with Crippen LogP contribution in [-0.2, 0) is 0 Å². The van der Waals surface area contributed by atoms with Crippen molar-refractivity contribution in [3.05, 3.63) is 41.7 Å². The number of rotatable bonds is 7. The summed E-state index contributed by atoms with van der Waals surface area (Å²) < 4.78 is 6.90. The first kappa shape index (κ1) is 16.5. The fourth-order valence-electron chi connectivity index (χ4n) is 2.88. The van der Waals surface area contributed by atoms with Gasteiger partial charge >= 0.3 is 0 Å². The molecule has 0 spiro atoms. The molecule has 1 heterocycles. The summed E-state index contributed by atoms with van der Waals surface area (Å²) in [7, 11) is 1.62. The highest BCUT2D eigenvalue weighted by Gasteiger charge is 2.32. The molecule has 1 amide bonds. The topological polar surface area (TPSA) is 76.4 Å². The minimum Gasteiger partial charge on any atom is -0.497 e. The molecule has 1 aliphatic rings. The molecule has 24 heavy (non-hydrogen) atoms. The second kappa shape index (κ2) is 7.05. The number of hydrogen-bond acceptors (Lipinski definition) is 4. The van der Waals surface area contributed by atoms with Crippen LogP contribution in [0.2, 0.25) is 0 Å². The molecule has 1 atom stereocenters. The highest BCUT2D eigenvalue weighted by atomic mass is 16.5. The van der Waals surface area contributed by atoms with E-state index in [0.717, 1.165) is 30.0 Å². The fraction of sp³-hybridized carbons (Fsp3) is 0.444. The Labute approximate surface area is 141 Å². The Morgan fingerprint density at radius 2 is 2.12 bits per heavy atom. The Balaban J connectivity index is 1.75. The van der Waals surface area contributed by atoms with E-state index in [1.54, 1.807) is 17.9 Å². The maximum absolute atomic E-state index is 12.5. The number of carbonyl (C=O) groups excluding carboxylic acids is 1. The summed E-state index contributed by atoms with van der Waals surface area (Å²) in [5.41, 5.74) is 2.16. The first-order chi connectivity index (χ1) is 11.6. The first-order valence-electron chi connectivity index (χ1n) is 8.25. The minimum absolute atomic E-state index is 0.0361. The van der Waals surface area contributed by atoms with Crippen LogP contribution in [0, 0.1) is 12.8 Å². The molecule has 1 saturated carbocycles. The zero-order chi connectivity index (χ0) is 17.1. The third-order valence-corrected chi connectivity index (χ3v) is 4.38. The number of benzene rings is 1. The molecule has 6 heteroatoms. The molecular formula is C18H23N3O3. The van der Waals surface area contributed by atoms with Gasteiger partial charge in [-0.1, -0.05) is 0 Å². The van der Waals surface area contributed by atoms with Crippen LogP contribution in [0.15, 0.2) is 30.3 Å². The zero-order valence-electron chi connectivity index (χ0n) is 14.0. The number of amides is 1. The number of aryl methyl sites for hydroxylation is 1. The van der Waals surface area contributed by atoms with Gasteiger partial charge in [-0.3, -0.25) is 4.79 Å². The molecule has 1 aromatic carbocycles. The van der Waals surface area contributed by atoms with Gasteiger partial charge in [-0.25, -0.2) is 4.68 Å². The Morgan fingerprint density at radius 1 is 1.42 bits per heavy atom. The molecule has 1 aliphatic carbocycles. The van der Waals surface area contributed by atoms with E-state index in [2.05, 4.69) is 10.4 Å². The number of aromatic nitrogens is 2. The van der Waals surface area contributed by atoms with Crippen LogP contribution in [0.3, 0.4) is 0 Å². The van der Waals surface area contributed by atoms with Gasteiger partial charge in [0.2, 0.25) is 0 Å². The van der Waals surface area contributed by atoms with Crippen molar-refractivity contribution in [1.82, 2.24) is 15.1 Å². The lowest BCUT2D eigenvalue weighted by Gasteiger charge is -2.16. The van der Waals surface area contributed by atoms with E-state index < -0.39 is 0 Å². The zero-order valence-corrected chi connectivity index (χ0v) is 14.0. The normalized spacial score (nSPS) is 15.1. The van der Waals surface area contributed by atoms with Crippen molar-refractivity contribution in [2.45, 2.75) is 32.2 Å². The highest BCUT2D eigenvalue weighted by molar-refractivity contribution is 5.92. The van der Waals surface area contributed by atoms with Crippen LogP contribution in [0.5, 0.6) is 5.75 Å². The van der Waals surface area contributed by atoms with Gasteiger partial charge in [0.25, 0.3) is 5.91 Å². The smallest absolute Gasteiger partial charge is 0.272 e. The summed E-state index contributed by atoms with van der Waals surface area (Å²) >= 11 is 0. The molecule has 0 saturated heterocycles. The Bertz CT molecular complexity index is 705. The van der Waals surface area contributed by atoms with E-state index >= 15 is 0 Å². The van der Waals surface area contributed by atoms with E-state index in [-0.39, 0.29) is 18.6 Å². The van der Waals surface area contributed by atoms with Gasteiger partial charge in [0.05, 0.1) is 12.8 Å². The summed E-state index contributed by atoms with van der Waals surface area (Å²) in [6, 6.07) is 9.34. The summed E-state index contributed by atoms with van der Waals surface area (Å²) in [4.78, 5) is 12.5. The van der Waals surface area contributed by atoms with Crippen molar-refractivity contribution in [2.24, 2.45) is 5.92 Å². The molecule has 0 radical (unpaired) electrons. The van der Waals surface area contributed by atoms with Crippen molar-refractivity contribution in [3.8, 4) is 11.4 Å². The molecule has 0 bridgehead atoms. The molecule has 6 nitrogen and oxygen atoms in total. The SMILES string of the molecule is COc1ccc(-n2nc(C(=O)NC(CCO)C3CC3)cc2C)cc1. The summed E-state index contributed by atoms with van der Waals surface area (Å²) in [5, 5.41) is 16.6. The maximum Gasteiger partial charge on any atom is 0.272 e. The number of carbonyl (C=O) groups is 1. The molecule has 0 aliphatic heterocycles. The van der Waals surface area contributed by atoms with Gasteiger partial charge in [-0.15, -0.1) is 0 Å². The predicted molar refractivity (Wildman–Crippen MR) is 90.5 cm³/mol. The van der Waals surface area contributed by atoms with Gasteiger partial charge < -0.3 is 15.2 Å². The van der Waals surface area contributed by atoms with Crippen molar-refractivity contribution < 1.29 is 14.6 Å². The van der Waals surface area contributed by atoms with Crippen LogP contribution in [-0.4, -0.2) is 40.6 Å². The van der Waals surface area contributed by atoms with Gasteiger partial charge in [0.15, 0.2) is 5.69 Å². The average Bonchev–Trinajstić information content (AvgIpc) is 3.36. The number of nitrogens with zero attached hydrogens (tertiary/aromatic N) is 2. The summed E-state index contributed by atoms with van der Waals surface area (Å²) in [6.45, 7) is 2.00. The lowest BCUT2D eigenvalue weighted by atomic mass is 10.1. The number of methoxy groups -OCH3 is 1. The van der Waals surface area contributed by atoms with Gasteiger partial charge in [0.1, 0.15) is 5.75 Å². The lowest BCUT2D eigenvalue weighted by molar-refractivity contribution is 0.0918. The molecular weight excluding hydrogens is 306 g/mol. The van der Waals surface area contributed by atoms with E-state index in [0.29, 0.717) is 18.0 Å². The van der Waals surface area contributed by atoms with Gasteiger partial charge in [0, 0.05) is 18.3 Å². The van der Waals surface area contributed by atoms with Crippen molar-refractivity contribution in [2.75, 3.05) is 13.7 Å². The summed E-state index contributed by atoms with van der Waals surface area (Å²) in [5.74, 6) is 1.08. The second-order valence-corrected chi connectivity index (χ2v) is 6.21. The first-order valence-corrected chi connectivity index (χ1v) is 8.25. The third kappa shape index (κ3) is 3.59. The molecule has 1 fully saturated rings. The number of hydrogen-bond donors (Lipinski definition) is 2. The van der Waals surface area contributed by atoms with E-state index in [9.17, 15) is 4.79 Å². The number of aliphatic hydroxyl groups excluding tert-OH is 1. The standard InChI is InChI=1S/C18H23N3O3/c1-12-11-17(18(23)19-16(9-10-22)13-3-4-13)20-21(12)14-5-7-15(24-2)8-6-14/h5-8,11,13,16,22H,3-4,9-10H2,1-2H3,(H,19,23). The number of ether oxygens (including phenoxy) is 1. The summed E-state index contributed by atoms with van der Waals surface area (Å²) in [6.07, 6.45) is 2.82. The van der Waals surface area contributed by atoms with E-state index in [4.69, 9.17) is 9.84 Å². The van der Waals surface area contributed by atoms with Crippen molar-refractivity contribution >= 4 is 5.91 Å². The Hall–Kier alpha value is -2.34. The molecule has 2 aromatic rings. The molecule has 1 unspecified atom stereocenters. The second-order valence-electron chi connectivity index (χ2n) is 6.21. The fourth-order valence-corrected chi connectivity index (χ4v) is 2.88. The monoisotopic (exact) mass is 329 g/mol. The predicted octanol–water partition coefficient (Wildman–Crippen LogP) is 2.08. The maximum atomic E-state index is 12.5. The van der Waals surface area contributed by atoms with Crippen LogP contribution < -0.4 is 10.1 Å². The van der Waals surface area contributed by atoms with Crippen LogP contribution >= 0.6 is 0 Å². The van der Waals surface area contributed by atoms with Crippen LogP contribution in [0.4, 0.5) is 0 Å². The molecule has 1 aromatic heterocycles. The van der Waals surface area contributed by atoms with Crippen molar-refractivity contribution in [3.63, 3.8) is 0 Å². The average molecular weight is 329 g/mol. The lowest BCUT2D eigenvalue weighted by Crippen LogP contribution is -2.37. The quantitative estimate of drug-likeness (QED) is 0.815. The molecule has 3 rings (SSSR count). The Kier molecular flexibility index (Phi) is 4.85. The molecule has 2 N–H and O–H groups in total. The largest absolute Gasteiger partial charge is 0.497 e. The third-order valence-electron chi connectivity index (χ3n) is 4.38. The van der Waals surface area contributed by atoms with Gasteiger partial charge in [-0.2, -0.15) is 5.10 Å². The number of nitrogens with one attached hydrogen (secondary N) is 1. The Morgan fingerprint density at radius 3 is 2.71 bits per heavy atom. The van der Waals surface area contributed by atoms with Crippen molar-refractivity contribution in [1.29, 1.82) is 0 Å². The minimum atomic E-state index is -0.185. The van der Waals surface area contributed by atoms with Crippen LogP contribution in [0.1, 0.15) is 35.4 Å². The van der Waals surface area contributed by atoms with E-state index in [1.807, 2.05) is 31.2 Å².